The number of aryl methyl sites for hydroxylation is 1. The topological polar surface area (TPSA) is 55.1 Å². The SMILES string of the molecule is Cc1cccc(C(=O)NCC2(CN)CCC2)c1. The molecule has 3 N–H and O–H groups in total. The molecule has 0 bridgehead atoms. The fourth-order valence-corrected chi connectivity index (χ4v) is 2.29. The van der Waals surface area contributed by atoms with E-state index in [9.17, 15) is 4.79 Å². The van der Waals surface area contributed by atoms with Crippen LogP contribution < -0.4 is 11.1 Å². The molecule has 1 aromatic rings. The number of carbonyl (C=O) groups excluding carboxylic acids is 1. The Morgan fingerprint density at radius 2 is 2.24 bits per heavy atom. The first-order valence-electron chi connectivity index (χ1n) is 6.20. The summed E-state index contributed by atoms with van der Waals surface area (Å²) in [5.74, 6) is 0.00780. The lowest BCUT2D eigenvalue weighted by molar-refractivity contribution is 0.0876. The number of nitrogens with one attached hydrogen (secondary N) is 1. The number of nitrogens with two attached hydrogens (primary N) is 1. The Morgan fingerprint density at radius 3 is 2.76 bits per heavy atom. The Hall–Kier alpha value is -1.35. The second-order valence-electron chi connectivity index (χ2n) is 5.11. The molecule has 0 saturated heterocycles. The highest BCUT2D eigenvalue weighted by atomic mass is 16.1. The van der Waals surface area contributed by atoms with Gasteiger partial charge < -0.3 is 11.1 Å². The van der Waals surface area contributed by atoms with Crippen LogP contribution in [0.1, 0.15) is 35.2 Å². The predicted octanol–water partition coefficient (Wildman–Crippen LogP) is 1.85. The lowest BCUT2D eigenvalue weighted by Gasteiger charge is -2.41. The fourth-order valence-electron chi connectivity index (χ4n) is 2.29. The third kappa shape index (κ3) is 2.67. The van der Waals surface area contributed by atoms with Gasteiger partial charge in [0.15, 0.2) is 0 Å². The number of carbonyl (C=O) groups is 1. The predicted molar refractivity (Wildman–Crippen MR) is 68.9 cm³/mol. The van der Waals surface area contributed by atoms with Crippen LogP contribution in [0.5, 0.6) is 0 Å². The van der Waals surface area contributed by atoms with Crippen LogP contribution in [0.4, 0.5) is 0 Å². The van der Waals surface area contributed by atoms with E-state index in [1.807, 2.05) is 31.2 Å². The zero-order valence-electron chi connectivity index (χ0n) is 10.3. The van der Waals surface area contributed by atoms with E-state index < -0.39 is 0 Å². The average molecular weight is 232 g/mol. The molecular weight excluding hydrogens is 212 g/mol. The molecule has 17 heavy (non-hydrogen) atoms. The number of hydrogen-bond acceptors (Lipinski definition) is 2. The summed E-state index contributed by atoms with van der Waals surface area (Å²) in [6, 6.07) is 7.65. The Bertz CT molecular complexity index is 405. The number of benzene rings is 1. The Kier molecular flexibility index (Phi) is 3.48. The highest BCUT2D eigenvalue weighted by Crippen LogP contribution is 2.39. The summed E-state index contributed by atoms with van der Waals surface area (Å²) in [5.41, 5.74) is 7.77. The maximum atomic E-state index is 11.9. The van der Waals surface area contributed by atoms with Gasteiger partial charge in [-0.2, -0.15) is 0 Å². The molecule has 1 aliphatic carbocycles. The second-order valence-corrected chi connectivity index (χ2v) is 5.11. The van der Waals surface area contributed by atoms with Gasteiger partial charge in [-0.3, -0.25) is 4.79 Å². The fraction of sp³-hybridized carbons (Fsp3) is 0.500. The Balaban J connectivity index is 1.93. The summed E-state index contributed by atoms with van der Waals surface area (Å²) in [7, 11) is 0. The maximum Gasteiger partial charge on any atom is 0.251 e. The van der Waals surface area contributed by atoms with E-state index in [1.54, 1.807) is 0 Å². The third-order valence-corrected chi connectivity index (χ3v) is 3.75. The first-order chi connectivity index (χ1) is 8.15. The number of amides is 1. The van der Waals surface area contributed by atoms with E-state index in [4.69, 9.17) is 5.73 Å². The van der Waals surface area contributed by atoms with Gasteiger partial charge in [0.1, 0.15) is 0 Å². The van der Waals surface area contributed by atoms with Crippen molar-refractivity contribution in [2.24, 2.45) is 11.1 Å². The van der Waals surface area contributed by atoms with Crippen LogP contribution in [-0.4, -0.2) is 19.0 Å². The molecule has 0 unspecified atom stereocenters. The van der Waals surface area contributed by atoms with Crippen molar-refractivity contribution in [2.45, 2.75) is 26.2 Å². The van der Waals surface area contributed by atoms with Crippen LogP contribution in [0, 0.1) is 12.3 Å². The van der Waals surface area contributed by atoms with Crippen LogP contribution in [0.3, 0.4) is 0 Å². The van der Waals surface area contributed by atoms with Gasteiger partial charge in [-0.1, -0.05) is 24.1 Å². The van der Waals surface area contributed by atoms with Gasteiger partial charge >= 0.3 is 0 Å². The molecule has 2 rings (SSSR count). The normalized spacial score (nSPS) is 17.3. The van der Waals surface area contributed by atoms with Gasteiger partial charge in [-0.25, -0.2) is 0 Å². The highest BCUT2D eigenvalue weighted by molar-refractivity contribution is 5.94. The minimum absolute atomic E-state index is 0.00780. The lowest BCUT2D eigenvalue weighted by atomic mass is 9.69. The molecule has 0 spiro atoms. The van der Waals surface area contributed by atoms with Crippen molar-refractivity contribution < 1.29 is 4.79 Å². The largest absolute Gasteiger partial charge is 0.351 e. The van der Waals surface area contributed by atoms with Gasteiger partial charge in [-0.15, -0.1) is 0 Å². The van der Waals surface area contributed by atoms with E-state index in [0.717, 1.165) is 24.0 Å². The van der Waals surface area contributed by atoms with E-state index in [-0.39, 0.29) is 11.3 Å². The molecule has 0 heterocycles. The molecule has 0 atom stereocenters. The summed E-state index contributed by atoms with van der Waals surface area (Å²) >= 11 is 0. The molecule has 0 aliphatic heterocycles. The molecule has 0 radical (unpaired) electrons. The summed E-state index contributed by atoms with van der Waals surface area (Å²) in [6.45, 7) is 3.36. The van der Waals surface area contributed by atoms with E-state index in [0.29, 0.717) is 13.1 Å². The lowest BCUT2D eigenvalue weighted by Crippen LogP contribution is -2.46. The average Bonchev–Trinajstić information content (AvgIpc) is 2.28. The molecule has 1 aromatic carbocycles. The van der Waals surface area contributed by atoms with E-state index in [1.165, 1.54) is 6.42 Å². The van der Waals surface area contributed by atoms with Crippen molar-refractivity contribution in [3.63, 3.8) is 0 Å². The molecule has 3 heteroatoms. The summed E-state index contributed by atoms with van der Waals surface area (Å²) in [5, 5.41) is 3.00. The van der Waals surface area contributed by atoms with E-state index >= 15 is 0 Å². The first-order valence-corrected chi connectivity index (χ1v) is 6.20. The minimum Gasteiger partial charge on any atom is -0.351 e. The van der Waals surface area contributed by atoms with Crippen molar-refractivity contribution in [1.29, 1.82) is 0 Å². The van der Waals surface area contributed by atoms with E-state index in [2.05, 4.69) is 5.32 Å². The van der Waals surface area contributed by atoms with Gasteiger partial charge in [0.05, 0.1) is 0 Å². The standard InChI is InChI=1S/C14H20N2O/c1-11-4-2-5-12(8-11)13(17)16-10-14(9-15)6-3-7-14/h2,4-5,8H,3,6-7,9-10,15H2,1H3,(H,16,17). The first kappa shape index (κ1) is 12.1. The highest BCUT2D eigenvalue weighted by Gasteiger charge is 2.35. The van der Waals surface area contributed by atoms with Gasteiger partial charge in [-0.05, 0) is 43.9 Å². The molecule has 1 fully saturated rings. The van der Waals surface area contributed by atoms with Crippen LogP contribution in [0.15, 0.2) is 24.3 Å². The van der Waals surface area contributed by atoms with Crippen LogP contribution in [0.2, 0.25) is 0 Å². The molecule has 1 aliphatic rings. The Morgan fingerprint density at radius 1 is 1.47 bits per heavy atom. The van der Waals surface area contributed by atoms with Crippen molar-refractivity contribution in [3.05, 3.63) is 35.4 Å². The third-order valence-electron chi connectivity index (χ3n) is 3.75. The van der Waals surface area contributed by atoms with Crippen LogP contribution in [-0.2, 0) is 0 Å². The summed E-state index contributed by atoms with van der Waals surface area (Å²) in [4.78, 5) is 11.9. The second kappa shape index (κ2) is 4.88. The molecule has 92 valence electrons. The van der Waals surface area contributed by atoms with Crippen molar-refractivity contribution in [2.75, 3.05) is 13.1 Å². The van der Waals surface area contributed by atoms with Crippen molar-refractivity contribution in [1.82, 2.24) is 5.32 Å². The molecular formula is C14H20N2O. The van der Waals surface area contributed by atoms with Crippen molar-refractivity contribution in [3.8, 4) is 0 Å². The summed E-state index contributed by atoms with van der Waals surface area (Å²) < 4.78 is 0. The zero-order valence-corrected chi connectivity index (χ0v) is 10.3. The molecule has 0 aromatic heterocycles. The van der Waals surface area contributed by atoms with Gasteiger partial charge in [0.2, 0.25) is 0 Å². The molecule has 3 nitrogen and oxygen atoms in total. The number of rotatable bonds is 4. The van der Waals surface area contributed by atoms with Crippen molar-refractivity contribution >= 4 is 5.91 Å². The quantitative estimate of drug-likeness (QED) is 0.832. The molecule has 1 saturated carbocycles. The Labute approximate surface area is 102 Å². The van der Waals surface area contributed by atoms with Gasteiger partial charge in [0.25, 0.3) is 5.91 Å². The molecule has 1 amide bonds. The van der Waals surface area contributed by atoms with Crippen LogP contribution >= 0.6 is 0 Å². The summed E-state index contributed by atoms with van der Waals surface area (Å²) in [6.07, 6.45) is 3.51. The number of hydrogen-bond donors (Lipinski definition) is 2. The minimum atomic E-state index is 0.00780. The van der Waals surface area contributed by atoms with Gasteiger partial charge in [0, 0.05) is 12.1 Å². The maximum absolute atomic E-state index is 11.9. The monoisotopic (exact) mass is 232 g/mol. The zero-order chi connectivity index (χ0) is 12.3. The smallest absolute Gasteiger partial charge is 0.251 e. The van der Waals surface area contributed by atoms with Crippen LogP contribution in [0.25, 0.3) is 0 Å².